The smallest absolute Gasteiger partial charge is 0.347 e. The molecule has 3 atom stereocenters. The average molecular weight is 533 g/mol. The van der Waals surface area contributed by atoms with Crippen LogP contribution in [0.3, 0.4) is 0 Å². The number of aromatic nitrogens is 2. The quantitative estimate of drug-likeness (QED) is 0.371. The van der Waals surface area contributed by atoms with Crippen molar-refractivity contribution < 1.29 is 24.2 Å². The van der Waals surface area contributed by atoms with Gasteiger partial charge in [-0.2, -0.15) is 0 Å². The van der Waals surface area contributed by atoms with E-state index in [1.165, 1.54) is 0 Å². The van der Waals surface area contributed by atoms with Crippen LogP contribution in [0.5, 0.6) is 11.8 Å². The largest absolute Gasteiger partial charge is 0.497 e. The third-order valence-electron chi connectivity index (χ3n) is 6.89. The maximum absolute atomic E-state index is 13.5. The monoisotopic (exact) mass is 532 g/mol. The Labute approximate surface area is 229 Å². The van der Waals surface area contributed by atoms with Gasteiger partial charge in [0.1, 0.15) is 11.8 Å². The first-order valence-electron chi connectivity index (χ1n) is 13.3. The number of ether oxygens (including phenoxy) is 2. The summed E-state index contributed by atoms with van der Waals surface area (Å²) >= 11 is 0. The van der Waals surface area contributed by atoms with Crippen LogP contribution in [0.2, 0.25) is 0 Å². The zero-order valence-corrected chi connectivity index (χ0v) is 22.9. The molecule has 1 aromatic heterocycles. The number of rotatable bonds is 11. The van der Waals surface area contributed by atoms with Crippen LogP contribution < -0.4 is 19.7 Å². The molecule has 0 fully saturated rings. The van der Waals surface area contributed by atoms with Crippen molar-refractivity contribution in [3.8, 4) is 11.8 Å². The standard InChI is InChI=1S/C30H36N4O5/c1-5-6-11-26(35)25-17-31-27(28(29(36)37)39-30-32-19(2)16-20(3)33-30)23-9-7-8-10-24(23)34(25)18-21-12-14-22(38-4)15-13-21/h7-10,12-16,25,27-28,31H,5-6,11,17-18H2,1-4H3,(H,36,37)/t25?,27-,28-/m0/s1. The Morgan fingerprint density at radius 3 is 2.44 bits per heavy atom. The number of hydrogen-bond donors (Lipinski definition) is 2. The molecule has 39 heavy (non-hydrogen) atoms. The van der Waals surface area contributed by atoms with Gasteiger partial charge in [-0.05, 0) is 55.7 Å². The van der Waals surface area contributed by atoms with Gasteiger partial charge in [-0.3, -0.25) is 4.79 Å². The second kappa shape index (κ2) is 12.7. The summed E-state index contributed by atoms with van der Waals surface area (Å²) < 4.78 is 11.2. The lowest BCUT2D eigenvalue weighted by molar-refractivity contribution is -0.147. The number of para-hydroxylation sites is 1. The topological polar surface area (TPSA) is 114 Å². The number of methoxy groups -OCH3 is 1. The molecule has 9 heteroatoms. The number of nitrogens with zero attached hydrogens (tertiary/aromatic N) is 3. The summed E-state index contributed by atoms with van der Waals surface area (Å²) in [6, 6.07) is 15.9. The number of carboxylic acids is 1. The molecule has 0 radical (unpaired) electrons. The molecule has 0 saturated heterocycles. The van der Waals surface area contributed by atoms with Crippen molar-refractivity contribution in [2.45, 2.75) is 64.8 Å². The van der Waals surface area contributed by atoms with Gasteiger partial charge in [-0.1, -0.05) is 43.7 Å². The van der Waals surface area contributed by atoms with Crippen molar-refractivity contribution in [3.63, 3.8) is 0 Å². The zero-order valence-electron chi connectivity index (χ0n) is 22.9. The van der Waals surface area contributed by atoms with Gasteiger partial charge in [-0.15, -0.1) is 0 Å². The number of fused-ring (bicyclic) bond motifs is 1. The first-order chi connectivity index (χ1) is 18.8. The number of ketones is 1. The minimum Gasteiger partial charge on any atom is -0.497 e. The van der Waals surface area contributed by atoms with Crippen LogP contribution >= 0.6 is 0 Å². The molecule has 2 aromatic carbocycles. The maximum Gasteiger partial charge on any atom is 0.347 e. The highest BCUT2D eigenvalue weighted by atomic mass is 16.5. The summed E-state index contributed by atoms with van der Waals surface area (Å²) in [7, 11) is 1.62. The van der Waals surface area contributed by atoms with Gasteiger partial charge in [-0.25, -0.2) is 14.8 Å². The fraction of sp³-hybridized carbons (Fsp3) is 0.400. The highest BCUT2D eigenvalue weighted by Gasteiger charge is 2.39. The summed E-state index contributed by atoms with van der Waals surface area (Å²) in [5.41, 5.74) is 3.89. The van der Waals surface area contributed by atoms with Crippen LogP contribution in [-0.2, 0) is 16.1 Å². The van der Waals surface area contributed by atoms with Gasteiger partial charge < -0.3 is 24.8 Å². The minimum absolute atomic E-state index is 0.00842. The molecule has 2 N–H and O–H groups in total. The minimum atomic E-state index is -1.32. The van der Waals surface area contributed by atoms with Crippen molar-refractivity contribution in [2.75, 3.05) is 18.6 Å². The van der Waals surface area contributed by atoms with Crippen LogP contribution in [0.15, 0.2) is 54.6 Å². The fourth-order valence-electron chi connectivity index (χ4n) is 4.96. The van der Waals surface area contributed by atoms with Crippen molar-refractivity contribution in [3.05, 3.63) is 77.1 Å². The molecule has 0 amide bonds. The summed E-state index contributed by atoms with van der Waals surface area (Å²) in [5, 5.41) is 13.6. The Morgan fingerprint density at radius 2 is 1.79 bits per heavy atom. The number of nitrogens with one attached hydrogen (secondary N) is 1. The van der Waals surface area contributed by atoms with E-state index in [4.69, 9.17) is 9.47 Å². The number of Topliss-reactive ketones (excluding diaryl/α,β-unsaturated/α-hetero) is 1. The third kappa shape index (κ3) is 6.72. The number of carboxylic acid groups (broad SMARTS) is 1. The second-order valence-electron chi connectivity index (χ2n) is 9.82. The molecule has 4 rings (SSSR count). The van der Waals surface area contributed by atoms with Crippen LogP contribution in [0.4, 0.5) is 5.69 Å². The van der Waals surface area contributed by atoms with Gasteiger partial charge in [0.15, 0.2) is 5.78 Å². The van der Waals surface area contributed by atoms with E-state index < -0.39 is 24.2 Å². The Morgan fingerprint density at radius 1 is 1.10 bits per heavy atom. The molecule has 0 aliphatic carbocycles. The summed E-state index contributed by atoms with van der Waals surface area (Å²) in [6.45, 7) is 6.40. The first kappa shape index (κ1) is 28.0. The van der Waals surface area contributed by atoms with Crippen LogP contribution in [0.25, 0.3) is 0 Å². The maximum atomic E-state index is 13.5. The van der Waals surface area contributed by atoms with Gasteiger partial charge in [0.05, 0.1) is 13.2 Å². The number of carbonyl (C=O) groups excluding carboxylic acids is 1. The summed E-state index contributed by atoms with van der Waals surface area (Å²) in [5.74, 6) is -0.288. The summed E-state index contributed by atoms with van der Waals surface area (Å²) in [6.07, 6.45) is 0.833. The lowest BCUT2D eigenvalue weighted by atomic mass is 9.98. The zero-order chi connectivity index (χ0) is 27.9. The van der Waals surface area contributed by atoms with Crippen molar-refractivity contribution in [1.29, 1.82) is 0 Å². The Kier molecular flexibility index (Phi) is 9.14. The molecule has 1 unspecified atom stereocenters. The number of carbonyl (C=O) groups is 2. The van der Waals surface area contributed by atoms with E-state index in [2.05, 4.69) is 27.1 Å². The normalized spacial score (nSPS) is 17.6. The number of benzene rings is 2. The molecular formula is C30H36N4O5. The van der Waals surface area contributed by atoms with E-state index in [9.17, 15) is 14.7 Å². The van der Waals surface area contributed by atoms with Crippen molar-refractivity contribution >= 4 is 17.4 Å². The molecule has 9 nitrogen and oxygen atoms in total. The molecule has 1 aliphatic rings. The number of aryl methyl sites for hydroxylation is 2. The van der Waals surface area contributed by atoms with E-state index in [0.717, 1.165) is 35.4 Å². The number of anilines is 1. The predicted molar refractivity (Wildman–Crippen MR) is 148 cm³/mol. The second-order valence-corrected chi connectivity index (χ2v) is 9.82. The van der Waals surface area contributed by atoms with E-state index in [-0.39, 0.29) is 18.3 Å². The average Bonchev–Trinajstić information content (AvgIpc) is 3.07. The van der Waals surface area contributed by atoms with Crippen molar-refractivity contribution in [2.24, 2.45) is 0 Å². The van der Waals surface area contributed by atoms with Gasteiger partial charge in [0, 0.05) is 36.6 Å². The van der Waals surface area contributed by atoms with Gasteiger partial charge in [0.2, 0.25) is 6.10 Å². The van der Waals surface area contributed by atoms with E-state index >= 15 is 0 Å². The molecular weight excluding hydrogens is 496 g/mol. The molecule has 3 aromatic rings. The van der Waals surface area contributed by atoms with Crippen LogP contribution in [-0.4, -0.2) is 52.6 Å². The van der Waals surface area contributed by atoms with E-state index in [1.54, 1.807) is 27.0 Å². The van der Waals surface area contributed by atoms with E-state index in [1.807, 2.05) is 48.5 Å². The van der Waals surface area contributed by atoms with Crippen LogP contribution in [0, 0.1) is 13.8 Å². The number of unbranched alkanes of at least 4 members (excludes halogenated alkanes) is 1. The SMILES string of the molecule is CCCCC(=O)C1CN[C@H]([C@H](Oc2nc(C)cc(C)n2)C(=O)O)c2ccccc2N1Cc1ccc(OC)cc1. The summed E-state index contributed by atoms with van der Waals surface area (Å²) in [4.78, 5) is 36.8. The van der Waals surface area contributed by atoms with Gasteiger partial charge >= 0.3 is 12.0 Å². The Balaban J connectivity index is 1.75. The highest BCUT2D eigenvalue weighted by Crippen LogP contribution is 2.35. The third-order valence-corrected chi connectivity index (χ3v) is 6.89. The lowest BCUT2D eigenvalue weighted by Gasteiger charge is -2.32. The van der Waals surface area contributed by atoms with Crippen molar-refractivity contribution in [1.82, 2.24) is 15.3 Å². The molecule has 0 saturated carbocycles. The van der Waals surface area contributed by atoms with Gasteiger partial charge in [0.25, 0.3) is 0 Å². The molecule has 1 aliphatic heterocycles. The number of aliphatic carboxylic acids is 1. The first-order valence-corrected chi connectivity index (χ1v) is 13.3. The molecule has 206 valence electrons. The predicted octanol–water partition coefficient (Wildman–Crippen LogP) is 4.41. The fourth-order valence-corrected chi connectivity index (χ4v) is 4.96. The highest BCUT2D eigenvalue weighted by molar-refractivity contribution is 5.88. The number of hydrogen-bond acceptors (Lipinski definition) is 8. The molecule has 0 spiro atoms. The molecule has 0 bridgehead atoms. The molecule has 2 heterocycles. The Hall–Kier alpha value is -3.98. The lowest BCUT2D eigenvalue weighted by Crippen LogP contribution is -2.48. The van der Waals surface area contributed by atoms with E-state index in [0.29, 0.717) is 24.4 Å². The Bertz CT molecular complexity index is 1280. The van der Waals surface area contributed by atoms with Crippen LogP contribution in [0.1, 0.15) is 54.7 Å².